The molecule has 0 amide bonds. The number of carbonyl (C=O) groups excluding carboxylic acids is 1. The zero-order valence-corrected chi connectivity index (χ0v) is 10.8. The molecule has 6 heteroatoms. The van der Waals surface area contributed by atoms with Gasteiger partial charge in [-0.05, 0) is 30.3 Å². The van der Waals surface area contributed by atoms with E-state index in [-0.39, 0.29) is 0 Å². The van der Waals surface area contributed by atoms with Crippen LogP contribution in [0.4, 0.5) is 5.69 Å². The summed E-state index contributed by atoms with van der Waals surface area (Å²) in [5, 5.41) is 0.335. The van der Waals surface area contributed by atoms with Gasteiger partial charge < -0.3 is 9.15 Å². The van der Waals surface area contributed by atoms with Crippen LogP contribution in [0.15, 0.2) is 52.2 Å². The molecule has 3 aromatic rings. The lowest BCUT2D eigenvalue weighted by molar-refractivity contribution is 0.487. The molecule has 0 saturated carbocycles. The lowest BCUT2D eigenvalue weighted by Gasteiger charge is -2.07. The Balaban J connectivity index is 1.99. The minimum absolute atomic E-state index is 0.335. The highest BCUT2D eigenvalue weighted by atomic mass is 35.5. The fourth-order valence-electron chi connectivity index (χ4n) is 1.76. The molecule has 1 heterocycles. The topological polar surface area (TPSA) is 64.7 Å². The monoisotopic (exact) mass is 286 g/mol. The Kier molecular flexibility index (Phi) is 3.21. The van der Waals surface area contributed by atoms with Gasteiger partial charge in [0.25, 0.3) is 0 Å². The van der Waals surface area contributed by atoms with Crippen molar-refractivity contribution >= 4 is 34.5 Å². The predicted molar refractivity (Wildman–Crippen MR) is 73.3 cm³/mol. The van der Waals surface area contributed by atoms with E-state index in [0.29, 0.717) is 33.3 Å². The van der Waals surface area contributed by atoms with Gasteiger partial charge in [0.2, 0.25) is 6.08 Å². The van der Waals surface area contributed by atoms with Crippen LogP contribution in [0.25, 0.3) is 11.1 Å². The first-order valence-corrected chi connectivity index (χ1v) is 6.03. The summed E-state index contributed by atoms with van der Waals surface area (Å²) in [6.45, 7) is 0. The van der Waals surface area contributed by atoms with Crippen molar-refractivity contribution in [3.05, 3.63) is 47.8 Å². The van der Waals surface area contributed by atoms with Gasteiger partial charge >= 0.3 is 0 Å². The van der Waals surface area contributed by atoms with E-state index >= 15 is 0 Å². The molecule has 1 aromatic heterocycles. The van der Waals surface area contributed by atoms with Gasteiger partial charge in [-0.3, -0.25) is 0 Å². The maximum Gasteiger partial charge on any atom is 0.240 e. The Bertz CT molecular complexity index is 822. The molecule has 0 unspecified atom stereocenters. The molecular formula is C14H7ClN2O3. The number of fused-ring (bicyclic) bond motifs is 1. The number of nitrogens with zero attached hydrogens (tertiary/aromatic N) is 2. The lowest BCUT2D eigenvalue weighted by atomic mass is 10.3. The normalized spacial score (nSPS) is 10.2. The highest BCUT2D eigenvalue weighted by Gasteiger charge is 2.09. The second-order valence-corrected chi connectivity index (χ2v) is 4.28. The summed E-state index contributed by atoms with van der Waals surface area (Å²) in [6.07, 6.45) is 2.80. The van der Waals surface area contributed by atoms with Gasteiger partial charge in [-0.1, -0.05) is 17.7 Å². The fourth-order valence-corrected chi connectivity index (χ4v) is 1.97. The van der Waals surface area contributed by atoms with E-state index in [2.05, 4.69) is 9.98 Å². The maximum absolute atomic E-state index is 10.2. The Morgan fingerprint density at radius 3 is 2.95 bits per heavy atom. The molecule has 3 rings (SSSR count). The average molecular weight is 287 g/mol. The zero-order chi connectivity index (χ0) is 13.9. The molecule has 0 bridgehead atoms. The van der Waals surface area contributed by atoms with Crippen molar-refractivity contribution in [3.63, 3.8) is 0 Å². The molecule has 0 aliphatic heterocycles. The summed E-state index contributed by atoms with van der Waals surface area (Å²) in [6, 6.07) is 10.1. The van der Waals surface area contributed by atoms with E-state index < -0.39 is 0 Å². The smallest absolute Gasteiger partial charge is 0.240 e. The first kappa shape index (κ1) is 12.4. The summed E-state index contributed by atoms with van der Waals surface area (Å²) in [7, 11) is 0. The molecule has 20 heavy (non-hydrogen) atoms. The van der Waals surface area contributed by atoms with Crippen LogP contribution in [0.5, 0.6) is 11.5 Å². The fraction of sp³-hybridized carbons (Fsp3) is 0. The minimum Gasteiger partial charge on any atom is -0.453 e. The van der Waals surface area contributed by atoms with Gasteiger partial charge in [0.1, 0.15) is 5.75 Å². The van der Waals surface area contributed by atoms with E-state index in [4.69, 9.17) is 20.8 Å². The number of benzene rings is 2. The quantitative estimate of drug-likeness (QED) is 0.533. The summed E-state index contributed by atoms with van der Waals surface area (Å²) in [4.78, 5) is 17.8. The largest absolute Gasteiger partial charge is 0.453 e. The highest BCUT2D eigenvalue weighted by molar-refractivity contribution is 6.32. The molecule has 0 atom stereocenters. The maximum atomic E-state index is 10.2. The third kappa shape index (κ3) is 2.28. The van der Waals surface area contributed by atoms with Gasteiger partial charge in [-0.2, -0.15) is 4.99 Å². The number of hydrogen-bond donors (Lipinski definition) is 0. The molecule has 2 aromatic carbocycles. The van der Waals surface area contributed by atoms with Crippen molar-refractivity contribution < 1.29 is 13.9 Å². The van der Waals surface area contributed by atoms with Crippen molar-refractivity contribution in [2.24, 2.45) is 4.99 Å². The molecule has 98 valence electrons. The standard InChI is InChI=1S/C14H7ClN2O3/c15-10-6-9(16-7-18)4-5-11(10)20-13-3-1-2-12-14(13)17-8-19-12/h1-6,8H. The Morgan fingerprint density at radius 1 is 1.25 bits per heavy atom. The van der Waals surface area contributed by atoms with Gasteiger partial charge in [0.15, 0.2) is 23.2 Å². The van der Waals surface area contributed by atoms with Crippen molar-refractivity contribution in [1.82, 2.24) is 4.98 Å². The molecule has 0 fully saturated rings. The van der Waals surface area contributed by atoms with Crippen molar-refractivity contribution in [3.8, 4) is 11.5 Å². The Labute approximate surface area is 118 Å². The van der Waals surface area contributed by atoms with Crippen LogP contribution in [0, 0.1) is 0 Å². The molecule has 0 N–H and O–H groups in total. The molecule has 0 saturated heterocycles. The first-order valence-electron chi connectivity index (χ1n) is 5.65. The van der Waals surface area contributed by atoms with Gasteiger partial charge in [0, 0.05) is 0 Å². The van der Waals surface area contributed by atoms with E-state index in [1.807, 2.05) is 0 Å². The molecule has 0 spiro atoms. The number of aliphatic imine (C=N–C) groups is 1. The van der Waals surface area contributed by atoms with Crippen molar-refractivity contribution in [1.29, 1.82) is 0 Å². The number of rotatable bonds is 3. The average Bonchev–Trinajstić information content (AvgIpc) is 2.91. The van der Waals surface area contributed by atoms with E-state index in [9.17, 15) is 4.79 Å². The number of para-hydroxylation sites is 1. The van der Waals surface area contributed by atoms with Gasteiger partial charge in [-0.25, -0.2) is 9.78 Å². The number of ether oxygens (including phenoxy) is 1. The first-order chi connectivity index (χ1) is 9.78. The van der Waals surface area contributed by atoms with Gasteiger partial charge in [0.05, 0.1) is 10.7 Å². The third-order valence-electron chi connectivity index (χ3n) is 2.63. The number of halogens is 1. The summed E-state index contributed by atoms with van der Waals surface area (Å²) < 4.78 is 10.9. The third-order valence-corrected chi connectivity index (χ3v) is 2.93. The second-order valence-electron chi connectivity index (χ2n) is 3.88. The second kappa shape index (κ2) is 5.17. The van der Waals surface area contributed by atoms with Crippen LogP contribution < -0.4 is 4.74 Å². The predicted octanol–water partition coefficient (Wildman–Crippen LogP) is 4.24. The zero-order valence-electron chi connectivity index (χ0n) is 10.0. The van der Waals surface area contributed by atoms with Crippen molar-refractivity contribution in [2.75, 3.05) is 0 Å². The molecular weight excluding hydrogens is 280 g/mol. The number of isocyanates is 1. The number of aromatic nitrogens is 1. The molecule has 0 radical (unpaired) electrons. The van der Waals surface area contributed by atoms with Crippen LogP contribution in [-0.2, 0) is 4.79 Å². The van der Waals surface area contributed by atoms with Crippen LogP contribution in [0.3, 0.4) is 0 Å². The van der Waals surface area contributed by atoms with Crippen molar-refractivity contribution in [2.45, 2.75) is 0 Å². The van der Waals surface area contributed by atoms with E-state index in [1.165, 1.54) is 18.5 Å². The minimum atomic E-state index is 0.335. The highest BCUT2D eigenvalue weighted by Crippen LogP contribution is 2.34. The summed E-state index contributed by atoms with van der Waals surface area (Å²) in [5.41, 5.74) is 1.65. The molecule has 0 aliphatic rings. The Hall–Kier alpha value is -2.62. The Morgan fingerprint density at radius 2 is 2.15 bits per heavy atom. The van der Waals surface area contributed by atoms with Crippen LogP contribution in [-0.4, -0.2) is 11.1 Å². The number of oxazole rings is 1. The molecule has 0 aliphatic carbocycles. The van der Waals surface area contributed by atoms with Crippen LogP contribution in [0.2, 0.25) is 5.02 Å². The SMILES string of the molecule is O=C=Nc1ccc(Oc2cccc3ocnc23)c(Cl)c1. The van der Waals surface area contributed by atoms with Crippen LogP contribution >= 0.6 is 11.6 Å². The van der Waals surface area contributed by atoms with Crippen LogP contribution in [0.1, 0.15) is 0 Å². The van der Waals surface area contributed by atoms with E-state index in [0.717, 1.165) is 0 Å². The van der Waals surface area contributed by atoms with E-state index in [1.54, 1.807) is 30.3 Å². The molecule has 5 nitrogen and oxygen atoms in total. The van der Waals surface area contributed by atoms with Gasteiger partial charge in [-0.15, -0.1) is 0 Å². The number of hydrogen-bond acceptors (Lipinski definition) is 5. The summed E-state index contributed by atoms with van der Waals surface area (Å²) >= 11 is 6.08. The summed E-state index contributed by atoms with van der Waals surface area (Å²) in [5.74, 6) is 0.969. The lowest BCUT2D eigenvalue weighted by Crippen LogP contribution is -1.86.